The van der Waals surface area contributed by atoms with Gasteiger partial charge in [-0.2, -0.15) is 0 Å². The van der Waals surface area contributed by atoms with Crippen LogP contribution in [0.15, 0.2) is 34.2 Å². The van der Waals surface area contributed by atoms with Gasteiger partial charge in [-0.05, 0) is 28.1 Å². The number of nitrogens with zero attached hydrogens (tertiary/aromatic N) is 1. The number of rotatable bonds is 4. The molecular formula is C12H10BrClN2OS. The molecule has 6 heteroatoms. The van der Waals surface area contributed by atoms with E-state index in [4.69, 9.17) is 11.6 Å². The lowest BCUT2D eigenvalue weighted by Gasteiger charge is -2.06. The summed E-state index contributed by atoms with van der Waals surface area (Å²) in [6.45, 7) is 0.551. The van der Waals surface area contributed by atoms with Crippen LogP contribution in [0.4, 0.5) is 0 Å². The summed E-state index contributed by atoms with van der Waals surface area (Å²) < 4.78 is 0.719. The fourth-order valence-corrected chi connectivity index (χ4v) is 2.63. The minimum absolute atomic E-state index is 0.169. The Labute approximate surface area is 122 Å². The van der Waals surface area contributed by atoms with Gasteiger partial charge in [0.15, 0.2) is 0 Å². The second-order valence-electron chi connectivity index (χ2n) is 3.53. The smallest absolute Gasteiger partial charge is 0.252 e. The van der Waals surface area contributed by atoms with Gasteiger partial charge in [-0.1, -0.05) is 17.7 Å². The summed E-state index contributed by atoms with van der Waals surface area (Å²) >= 11 is 10.9. The first-order chi connectivity index (χ1) is 8.68. The molecule has 0 saturated heterocycles. The summed E-state index contributed by atoms with van der Waals surface area (Å²) in [4.78, 5) is 16.1. The zero-order valence-corrected chi connectivity index (χ0v) is 12.5. The van der Waals surface area contributed by atoms with Crippen LogP contribution in [0.25, 0.3) is 0 Å². The summed E-state index contributed by atoms with van der Waals surface area (Å²) in [5.74, 6) is -0.169. The van der Waals surface area contributed by atoms with Gasteiger partial charge in [0.2, 0.25) is 0 Å². The van der Waals surface area contributed by atoms with E-state index in [1.54, 1.807) is 35.7 Å². The standard InChI is InChI=1S/C12H10BrClN2OS/c13-9-3-1-2-8(11(9)14)12(17)16-5-4-10-15-6-7-18-10/h1-3,6-7H,4-5H2,(H,16,17). The summed E-state index contributed by atoms with van der Waals surface area (Å²) in [7, 11) is 0. The van der Waals surface area contributed by atoms with Crippen molar-refractivity contribution in [1.29, 1.82) is 0 Å². The summed E-state index contributed by atoms with van der Waals surface area (Å²) in [5.41, 5.74) is 0.477. The Balaban J connectivity index is 1.93. The highest BCUT2D eigenvalue weighted by atomic mass is 79.9. The van der Waals surface area contributed by atoms with E-state index < -0.39 is 0 Å². The van der Waals surface area contributed by atoms with Crippen LogP contribution in [-0.4, -0.2) is 17.4 Å². The van der Waals surface area contributed by atoms with Gasteiger partial charge >= 0.3 is 0 Å². The van der Waals surface area contributed by atoms with E-state index >= 15 is 0 Å². The lowest BCUT2D eigenvalue weighted by molar-refractivity contribution is 0.0954. The maximum absolute atomic E-state index is 11.9. The molecule has 1 amide bonds. The molecule has 0 atom stereocenters. The van der Waals surface area contributed by atoms with Crippen molar-refractivity contribution in [3.8, 4) is 0 Å². The topological polar surface area (TPSA) is 42.0 Å². The number of carbonyl (C=O) groups is 1. The number of thiazole rings is 1. The number of hydrogen-bond acceptors (Lipinski definition) is 3. The van der Waals surface area contributed by atoms with Gasteiger partial charge in [0.25, 0.3) is 5.91 Å². The highest BCUT2D eigenvalue weighted by Gasteiger charge is 2.11. The molecule has 0 radical (unpaired) electrons. The number of carbonyl (C=O) groups excluding carboxylic acids is 1. The monoisotopic (exact) mass is 344 g/mol. The van der Waals surface area contributed by atoms with Crippen LogP contribution in [0.1, 0.15) is 15.4 Å². The third-order valence-electron chi connectivity index (χ3n) is 2.30. The molecule has 2 aromatic rings. The zero-order chi connectivity index (χ0) is 13.0. The van der Waals surface area contributed by atoms with Crippen molar-refractivity contribution in [2.24, 2.45) is 0 Å². The molecule has 0 unspecified atom stereocenters. The van der Waals surface area contributed by atoms with Gasteiger partial charge in [0, 0.05) is 29.0 Å². The van der Waals surface area contributed by atoms with Crippen LogP contribution in [0, 0.1) is 0 Å². The molecule has 0 fully saturated rings. The number of amides is 1. The molecule has 0 bridgehead atoms. The van der Waals surface area contributed by atoms with Gasteiger partial charge in [-0.3, -0.25) is 4.79 Å². The molecule has 3 nitrogen and oxygen atoms in total. The van der Waals surface area contributed by atoms with Crippen LogP contribution < -0.4 is 5.32 Å². The van der Waals surface area contributed by atoms with Crippen LogP contribution >= 0.6 is 38.9 Å². The summed E-state index contributed by atoms with van der Waals surface area (Å²) in [6, 6.07) is 5.28. The van der Waals surface area contributed by atoms with E-state index in [1.807, 2.05) is 5.38 Å². The maximum atomic E-state index is 11.9. The fourth-order valence-electron chi connectivity index (χ4n) is 1.43. The number of aromatic nitrogens is 1. The number of halogens is 2. The first kappa shape index (κ1) is 13.5. The predicted octanol–water partition coefficient (Wildman–Crippen LogP) is 3.53. The summed E-state index contributed by atoms with van der Waals surface area (Å²) in [5, 5.41) is 6.19. The van der Waals surface area contributed by atoms with E-state index in [0.29, 0.717) is 17.1 Å². The molecule has 0 aliphatic heterocycles. The van der Waals surface area contributed by atoms with Crippen molar-refractivity contribution in [2.75, 3.05) is 6.54 Å². The molecule has 0 aliphatic carbocycles. The van der Waals surface area contributed by atoms with Crippen LogP contribution in [-0.2, 0) is 6.42 Å². The van der Waals surface area contributed by atoms with E-state index in [-0.39, 0.29) is 5.91 Å². The van der Waals surface area contributed by atoms with Gasteiger partial charge in [-0.25, -0.2) is 4.98 Å². The molecule has 1 heterocycles. The Kier molecular flexibility index (Phi) is 4.74. The van der Waals surface area contributed by atoms with E-state index in [0.717, 1.165) is 15.9 Å². The first-order valence-corrected chi connectivity index (χ1v) is 7.34. The molecular weight excluding hydrogens is 336 g/mol. The Morgan fingerprint density at radius 3 is 3.06 bits per heavy atom. The number of nitrogens with one attached hydrogen (secondary N) is 1. The Morgan fingerprint density at radius 2 is 2.33 bits per heavy atom. The quantitative estimate of drug-likeness (QED) is 0.921. The molecule has 18 heavy (non-hydrogen) atoms. The molecule has 0 aliphatic rings. The molecule has 0 spiro atoms. The average Bonchev–Trinajstić information content (AvgIpc) is 2.85. The van der Waals surface area contributed by atoms with Crippen molar-refractivity contribution in [2.45, 2.75) is 6.42 Å². The Hall–Kier alpha value is -0.910. The lowest BCUT2D eigenvalue weighted by atomic mass is 10.2. The Bertz CT molecular complexity index is 545. The molecule has 0 saturated carbocycles. The van der Waals surface area contributed by atoms with Crippen LogP contribution in [0.2, 0.25) is 5.02 Å². The lowest BCUT2D eigenvalue weighted by Crippen LogP contribution is -2.25. The molecule has 1 aromatic carbocycles. The van der Waals surface area contributed by atoms with Crippen LogP contribution in [0.5, 0.6) is 0 Å². The van der Waals surface area contributed by atoms with Gasteiger partial charge < -0.3 is 5.32 Å². The van der Waals surface area contributed by atoms with E-state index in [9.17, 15) is 4.79 Å². The van der Waals surface area contributed by atoms with Crippen molar-refractivity contribution in [3.05, 3.63) is 49.8 Å². The first-order valence-electron chi connectivity index (χ1n) is 5.29. The normalized spacial score (nSPS) is 10.3. The average molecular weight is 346 g/mol. The fraction of sp³-hybridized carbons (Fsp3) is 0.167. The molecule has 94 valence electrons. The number of hydrogen-bond donors (Lipinski definition) is 1. The highest BCUT2D eigenvalue weighted by molar-refractivity contribution is 9.10. The minimum Gasteiger partial charge on any atom is -0.352 e. The molecule has 1 N–H and O–H groups in total. The predicted molar refractivity (Wildman–Crippen MR) is 77.3 cm³/mol. The van der Waals surface area contributed by atoms with Crippen molar-refractivity contribution in [1.82, 2.24) is 10.3 Å². The highest BCUT2D eigenvalue weighted by Crippen LogP contribution is 2.25. The SMILES string of the molecule is O=C(NCCc1nccs1)c1cccc(Br)c1Cl. The zero-order valence-electron chi connectivity index (χ0n) is 9.32. The minimum atomic E-state index is -0.169. The second kappa shape index (κ2) is 6.31. The summed E-state index contributed by atoms with van der Waals surface area (Å²) in [6.07, 6.45) is 2.49. The van der Waals surface area contributed by atoms with Gasteiger partial charge in [-0.15, -0.1) is 11.3 Å². The Morgan fingerprint density at radius 1 is 1.50 bits per heavy atom. The van der Waals surface area contributed by atoms with E-state index in [2.05, 4.69) is 26.2 Å². The van der Waals surface area contributed by atoms with Crippen molar-refractivity contribution in [3.63, 3.8) is 0 Å². The molecule has 2 rings (SSSR count). The van der Waals surface area contributed by atoms with Crippen molar-refractivity contribution < 1.29 is 4.79 Å². The van der Waals surface area contributed by atoms with Crippen LogP contribution in [0.3, 0.4) is 0 Å². The van der Waals surface area contributed by atoms with Gasteiger partial charge in [0.05, 0.1) is 15.6 Å². The molecule has 1 aromatic heterocycles. The third-order valence-corrected chi connectivity index (χ3v) is 4.44. The van der Waals surface area contributed by atoms with Crippen molar-refractivity contribution >= 4 is 44.8 Å². The third kappa shape index (κ3) is 3.31. The van der Waals surface area contributed by atoms with E-state index in [1.165, 1.54) is 0 Å². The second-order valence-corrected chi connectivity index (χ2v) is 5.74. The largest absolute Gasteiger partial charge is 0.352 e. The van der Waals surface area contributed by atoms with Gasteiger partial charge in [0.1, 0.15) is 0 Å². The number of benzene rings is 1. The maximum Gasteiger partial charge on any atom is 0.252 e.